The molecule has 0 bridgehead atoms. The first-order valence-electron chi connectivity index (χ1n) is 6.93. The van der Waals surface area contributed by atoms with Gasteiger partial charge in [0.25, 0.3) is 0 Å². The van der Waals surface area contributed by atoms with Crippen molar-refractivity contribution >= 4 is 12.0 Å². The molecule has 0 radical (unpaired) electrons. The summed E-state index contributed by atoms with van der Waals surface area (Å²) >= 11 is 0. The van der Waals surface area contributed by atoms with Crippen molar-refractivity contribution < 1.29 is 14.7 Å². The maximum absolute atomic E-state index is 12.3. The molecule has 116 valence electrons. The van der Waals surface area contributed by atoms with E-state index in [0.717, 1.165) is 13.1 Å². The third kappa shape index (κ3) is 3.94. The van der Waals surface area contributed by atoms with E-state index in [2.05, 4.69) is 20.2 Å². The number of aliphatic carboxylic acids is 1. The summed E-state index contributed by atoms with van der Waals surface area (Å²) < 4.78 is 0. The van der Waals surface area contributed by atoms with E-state index in [1.165, 1.54) is 6.33 Å². The Bertz CT molecular complexity index is 490. The first-order valence-corrected chi connectivity index (χ1v) is 6.93. The third-order valence-corrected chi connectivity index (χ3v) is 3.67. The zero-order chi connectivity index (χ0) is 15.4. The van der Waals surface area contributed by atoms with Crippen LogP contribution in [0.5, 0.6) is 0 Å². The van der Waals surface area contributed by atoms with E-state index < -0.39 is 12.0 Å². The molecule has 2 atom stereocenters. The number of H-pyrrole nitrogens is 1. The number of likely N-dealkylation sites (N-methyl/N-ethyl adjacent to an activating group) is 1. The van der Waals surface area contributed by atoms with Gasteiger partial charge in [-0.1, -0.05) is 0 Å². The summed E-state index contributed by atoms with van der Waals surface area (Å²) in [7, 11) is 2.00. The molecule has 0 spiro atoms. The van der Waals surface area contributed by atoms with Gasteiger partial charge in [0.15, 0.2) is 0 Å². The number of hydrogen-bond donors (Lipinski definition) is 3. The van der Waals surface area contributed by atoms with Gasteiger partial charge in [0.2, 0.25) is 0 Å². The van der Waals surface area contributed by atoms with Crippen molar-refractivity contribution in [1.82, 2.24) is 25.1 Å². The number of carboxylic acid groups (broad SMARTS) is 1. The standard InChI is InChI=1S/C13H21N5O3/c1-9-7-17(2)3-4-18(9)13(21)16-11(12(19)20)5-10-6-14-8-15-10/h6,8-9,11H,3-5,7H2,1-2H3,(H,14,15)(H,16,21)(H,19,20). The van der Waals surface area contributed by atoms with Crippen LogP contribution in [0.1, 0.15) is 12.6 Å². The lowest BCUT2D eigenvalue weighted by Gasteiger charge is -2.38. The Morgan fingerprint density at radius 3 is 2.90 bits per heavy atom. The van der Waals surface area contributed by atoms with E-state index in [1.807, 2.05) is 14.0 Å². The van der Waals surface area contributed by atoms with Crippen LogP contribution in [0.4, 0.5) is 4.79 Å². The highest BCUT2D eigenvalue weighted by atomic mass is 16.4. The number of aromatic nitrogens is 2. The zero-order valence-electron chi connectivity index (χ0n) is 12.2. The largest absolute Gasteiger partial charge is 0.480 e. The van der Waals surface area contributed by atoms with Crippen LogP contribution in [-0.4, -0.2) is 75.6 Å². The molecule has 2 rings (SSSR count). The Balaban J connectivity index is 1.96. The highest BCUT2D eigenvalue weighted by Gasteiger charge is 2.29. The first kappa shape index (κ1) is 15.3. The van der Waals surface area contributed by atoms with E-state index in [0.29, 0.717) is 12.2 Å². The molecule has 1 aromatic rings. The fraction of sp³-hybridized carbons (Fsp3) is 0.615. The average molecular weight is 295 g/mol. The van der Waals surface area contributed by atoms with Gasteiger partial charge in [-0.05, 0) is 14.0 Å². The van der Waals surface area contributed by atoms with Gasteiger partial charge in [-0.15, -0.1) is 0 Å². The maximum atomic E-state index is 12.3. The maximum Gasteiger partial charge on any atom is 0.326 e. The SMILES string of the molecule is CC1CN(C)CCN1C(=O)NC(Cc1cnc[nH]1)C(=O)O. The lowest BCUT2D eigenvalue weighted by molar-refractivity contribution is -0.139. The van der Waals surface area contributed by atoms with Gasteiger partial charge in [-0.3, -0.25) is 0 Å². The van der Waals surface area contributed by atoms with Crippen molar-refractivity contribution in [3.05, 3.63) is 18.2 Å². The van der Waals surface area contributed by atoms with Gasteiger partial charge < -0.3 is 25.2 Å². The molecule has 1 aliphatic heterocycles. The minimum Gasteiger partial charge on any atom is -0.480 e. The summed E-state index contributed by atoms with van der Waals surface area (Å²) in [5.74, 6) is -1.06. The molecule has 2 unspecified atom stereocenters. The van der Waals surface area contributed by atoms with Crippen LogP contribution in [-0.2, 0) is 11.2 Å². The van der Waals surface area contributed by atoms with E-state index >= 15 is 0 Å². The van der Waals surface area contributed by atoms with Crippen molar-refractivity contribution in [2.75, 3.05) is 26.7 Å². The number of rotatable bonds is 4. The smallest absolute Gasteiger partial charge is 0.326 e. The molecule has 1 aliphatic rings. The van der Waals surface area contributed by atoms with Gasteiger partial charge in [0.1, 0.15) is 6.04 Å². The van der Waals surface area contributed by atoms with Gasteiger partial charge in [-0.25, -0.2) is 14.6 Å². The first-order chi connectivity index (χ1) is 9.97. The van der Waals surface area contributed by atoms with Gasteiger partial charge in [0, 0.05) is 44.0 Å². The molecule has 2 amide bonds. The van der Waals surface area contributed by atoms with Crippen molar-refractivity contribution in [3.63, 3.8) is 0 Å². The Kier molecular flexibility index (Phi) is 4.79. The molecule has 1 saturated heterocycles. The van der Waals surface area contributed by atoms with E-state index in [9.17, 15) is 14.7 Å². The second-order valence-electron chi connectivity index (χ2n) is 5.43. The number of hydrogen-bond acceptors (Lipinski definition) is 4. The van der Waals surface area contributed by atoms with Crippen LogP contribution >= 0.6 is 0 Å². The fourth-order valence-electron chi connectivity index (χ4n) is 2.49. The van der Waals surface area contributed by atoms with Crippen LogP contribution < -0.4 is 5.32 Å². The number of carbonyl (C=O) groups excluding carboxylic acids is 1. The van der Waals surface area contributed by atoms with Crippen LogP contribution in [0.2, 0.25) is 0 Å². The minimum absolute atomic E-state index is 0.0605. The summed E-state index contributed by atoms with van der Waals surface area (Å²) in [6.07, 6.45) is 3.22. The Morgan fingerprint density at radius 1 is 1.57 bits per heavy atom. The number of imidazole rings is 1. The molecular weight excluding hydrogens is 274 g/mol. The number of amides is 2. The van der Waals surface area contributed by atoms with Crippen LogP contribution in [0, 0.1) is 0 Å². The molecular formula is C13H21N5O3. The molecule has 21 heavy (non-hydrogen) atoms. The number of urea groups is 1. The van der Waals surface area contributed by atoms with Crippen molar-refractivity contribution in [2.24, 2.45) is 0 Å². The summed E-state index contributed by atoms with van der Waals surface area (Å²) in [4.78, 5) is 34.1. The van der Waals surface area contributed by atoms with E-state index in [-0.39, 0.29) is 18.5 Å². The summed E-state index contributed by atoms with van der Waals surface area (Å²) in [5, 5.41) is 11.8. The summed E-state index contributed by atoms with van der Waals surface area (Å²) in [6, 6.07) is -1.24. The molecule has 2 heterocycles. The molecule has 8 heteroatoms. The number of nitrogens with one attached hydrogen (secondary N) is 2. The molecule has 3 N–H and O–H groups in total. The Labute approximate surface area is 123 Å². The predicted octanol–water partition coefficient (Wildman–Crippen LogP) is -0.249. The molecule has 0 saturated carbocycles. The van der Waals surface area contributed by atoms with Crippen LogP contribution in [0.25, 0.3) is 0 Å². The van der Waals surface area contributed by atoms with Gasteiger partial charge in [0.05, 0.1) is 6.33 Å². The van der Waals surface area contributed by atoms with Gasteiger partial charge >= 0.3 is 12.0 Å². The average Bonchev–Trinajstić information content (AvgIpc) is 2.90. The Morgan fingerprint density at radius 2 is 2.33 bits per heavy atom. The number of nitrogens with zero attached hydrogens (tertiary/aromatic N) is 3. The zero-order valence-corrected chi connectivity index (χ0v) is 12.2. The normalized spacial score (nSPS) is 21.0. The predicted molar refractivity (Wildman–Crippen MR) is 75.9 cm³/mol. The van der Waals surface area contributed by atoms with Gasteiger partial charge in [-0.2, -0.15) is 0 Å². The second-order valence-corrected chi connectivity index (χ2v) is 5.43. The Hall–Kier alpha value is -2.09. The molecule has 1 fully saturated rings. The quantitative estimate of drug-likeness (QED) is 0.711. The molecule has 1 aromatic heterocycles. The molecule has 0 aromatic carbocycles. The highest BCUT2D eigenvalue weighted by Crippen LogP contribution is 2.09. The van der Waals surface area contributed by atoms with E-state index in [1.54, 1.807) is 11.1 Å². The van der Waals surface area contributed by atoms with Crippen molar-refractivity contribution in [2.45, 2.75) is 25.4 Å². The summed E-state index contributed by atoms with van der Waals surface area (Å²) in [5.41, 5.74) is 0.675. The third-order valence-electron chi connectivity index (χ3n) is 3.67. The highest BCUT2D eigenvalue weighted by molar-refractivity contribution is 5.83. The second kappa shape index (κ2) is 6.57. The summed E-state index contributed by atoms with van der Waals surface area (Å²) in [6.45, 7) is 4.13. The molecule has 0 aliphatic carbocycles. The molecule has 8 nitrogen and oxygen atoms in total. The number of carboxylic acids is 1. The topological polar surface area (TPSA) is 102 Å². The monoisotopic (exact) mass is 295 g/mol. The van der Waals surface area contributed by atoms with Crippen molar-refractivity contribution in [1.29, 1.82) is 0 Å². The lowest BCUT2D eigenvalue weighted by Crippen LogP contribution is -2.58. The number of carbonyl (C=O) groups is 2. The lowest BCUT2D eigenvalue weighted by atomic mass is 10.1. The number of piperazine rings is 1. The van der Waals surface area contributed by atoms with Crippen LogP contribution in [0.15, 0.2) is 12.5 Å². The minimum atomic E-state index is -1.06. The van der Waals surface area contributed by atoms with E-state index in [4.69, 9.17) is 0 Å². The van der Waals surface area contributed by atoms with Crippen molar-refractivity contribution in [3.8, 4) is 0 Å². The number of aromatic amines is 1. The van der Waals surface area contributed by atoms with Crippen LogP contribution in [0.3, 0.4) is 0 Å². The fourth-order valence-corrected chi connectivity index (χ4v) is 2.49.